The number of amides is 1. The molecule has 0 aliphatic rings. The fourth-order valence-electron chi connectivity index (χ4n) is 3.20. The molecular weight excluding hydrogens is 454 g/mol. The number of hydrogen-bond donors (Lipinski definition) is 1. The van der Waals surface area contributed by atoms with Crippen LogP contribution in [0.4, 0.5) is 5.13 Å². The number of hydrogen-bond acceptors (Lipinski definition) is 8. The number of carbonyl (C=O) groups excluding carboxylic acids is 1. The molecule has 0 unspecified atom stereocenters. The van der Waals surface area contributed by atoms with E-state index in [1.807, 2.05) is 50.6 Å². The molecule has 1 N–H and O–H groups in total. The summed E-state index contributed by atoms with van der Waals surface area (Å²) in [5.41, 5.74) is 3.79. The van der Waals surface area contributed by atoms with Crippen LogP contribution in [0.1, 0.15) is 66.8 Å². The van der Waals surface area contributed by atoms with Crippen LogP contribution in [0.2, 0.25) is 0 Å². The maximum Gasteiger partial charge on any atom is 0.258 e. The van der Waals surface area contributed by atoms with Crippen LogP contribution in [0.5, 0.6) is 0 Å². The molecule has 10 heteroatoms. The zero-order valence-corrected chi connectivity index (χ0v) is 20.4. The second-order valence-electron chi connectivity index (χ2n) is 8.09. The quantitative estimate of drug-likeness (QED) is 0.280. The SMILES string of the molecule is CC(C)c1cc(C(=O)Nc2nnc(SCc3ccc(C#N)cc3)s2)c2cnn(C(C)C)c2n1. The van der Waals surface area contributed by atoms with Crippen molar-refractivity contribution in [2.75, 3.05) is 5.32 Å². The summed E-state index contributed by atoms with van der Waals surface area (Å²) in [7, 11) is 0. The third-order valence-corrected chi connectivity index (χ3v) is 7.03. The van der Waals surface area contributed by atoms with E-state index in [0.29, 0.717) is 33.0 Å². The van der Waals surface area contributed by atoms with E-state index >= 15 is 0 Å². The van der Waals surface area contributed by atoms with Crippen LogP contribution < -0.4 is 5.32 Å². The number of fused-ring (bicyclic) bond motifs is 1. The molecule has 0 radical (unpaired) electrons. The van der Waals surface area contributed by atoms with Crippen LogP contribution in [0.25, 0.3) is 11.0 Å². The van der Waals surface area contributed by atoms with E-state index in [1.54, 1.807) is 18.3 Å². The van der Waals surface area contributed by atoms with Crippen LogP contribution in [0, 0.1) is 11.3 Å². The lowest BCUT2D eigenvalue weighted by atomic mass is 10.0. The van der Waals surface area contributed by atoms with Gasteiger partial charge in [0.15, 0.2) is 9.99 Å². The number of nitrogens with one attached hydrogen (secondary N) is 1. The van der Waals surface area contributed by atoms with Gasteiger partial charge in [-0.05, 0) is 43.5 Å². The first kappa shape index (κ1) is 22.9. The normalized spacial score (nSPS) is 11.3. The highest BCUT2D eigenvalue weighted by molar-refractivity contribution is 8.00. The lowest BCUT2D eigenvalue weighted by Gasteiger charge is -2.11. The molecule has 0 bridgehead atoms. The average Bonchev–Trinajstić information content (AvgIpc) is 3.44. The van der Waals surface area contributed by atoms with Gasteiger partial charge in [0.1, 0.15) is 0 Å². The Hall–Kier alpha value is -3.29. The molecule has 1 aromatic carbocycles. The Morgan fingerprint density at radius 3 is 2.64 bits per heavy atom. The second-order valence-corrected chi connectivity index (χ2v) is 10.3. The fraction of sp³-hybridized carbons (Fsp3) is 0.304. The standard InChI is InChI=1S/C23H23N7OS2/c1-13(2)19-9-17(18-11-25-30(14(3)4)20(18)26-19)21(31)27-22-28-29-23(33-22)32-12-16-7-5-15(10-24)6-8-16/h5-9,11,13-14H,12H2,1-4H3,(H,27,28,31). The largest absolute Gasteiger partial charge is 0.296 e. The number of rotatable bonds is 7. The molecule has 0 fully saturated rings. The molecule has 3 aromatic heterocycles. The lowest BCUT2D eigenvalue weighted by Crippen LogP contribution is -2.14. The molecule has 4 aromatic rings. The number of nitriles is 1. The highest BCUT2D eigenvalue weighted by Gasteiger charge is 2.20. The number of thioether (sulfide) groups is 1. The van der Waals surface area contributed by atoms with Crippen molar-refractivity contribution in [3.63, 3.8) is 0 Å². The molecule has 0 aliphatic carbocycles. The number of benzene rings is 1. The Balaban J connectivity index is 1.51. The van der Waals surface area contributed by atoms with Crippen molar-refractivity contribution in [2.45, 2.75) is 49.7 Å². The highest BCUT2D eigenvalue weighted by Crippen LogP contribution is 2.30. The van der Waals surface area contributed by atoms with Gasteiger partial charge in [0.25, 0.3) is 5.91 Å². The predicted octanol–water partition coefficient (Wildman–Crippen LogP) is 5.40. The van der Waals surface area contributed by atoms with Crippen molar-refractivity contribution >= 4 is 45.2 Å². The molecule has 3 heterocycles. The third kappa shape index (κ3) is 5.05. The van der Waals surface area contributed by atoms with Gasteiger partial charge in [0, 0.05) is 17.5 Å². The average molecular weight is 478 g/mol. The summed E-state index contributed by atoms with van der Waals surface area (Å²) in [5.74, 6) is 0.612. The number of nitrogens with zero attached hydrogens (tertiary/aromatic N) is 6. The van der Waals surface area contributed by atoms with Gasteiger partial charge in [-0.3, -0.25) is 10.1 Å². The van der Waals surface area contributed by atoms with Crippen molar-refractivity contribution < 1.29 is 4.79 Å². The molecule has 0 saturated heterocycles. The minimum atomic E-state index is -0.257. The fourth-order valence-corrected chi connectivity index (χ4v) is 4.91. The van der Waals surface area contributed by atoms with Gasteiger partial charge < -0.3 is 0 Å². The highest BCUT2D eigenvalue weighted by atomic mass is 32.2. The van der Waals surface area contributed by atoms with E-state index < -0.39 is 0 Å². The third-order valence-electron chi connectivity index (χ3n) is 4.98. The molecule has 4 rings (SSSR count). The molecule has 1 amide bonds. The van der Waals surface area contributed by atoms with Gasteiger partial charge in [-0.1, -0.05) is 49.1 Å². The van der Waals surface area contributed by atoms with E-state index in [2.05, 4.69) is 26.7 Å². The van der Waals surface area contributed by atoms with Crippen molar-refractivity contribution in [1.82, 2.24) is 25.0 Å². The Morgan fingerprint density at radius 1 is 1.21 bits per heavy atom. The lowest BCUT2D eigenvalue weighted by molar-refractivity contribution is 0.102. The smallest absolute Gasteiger partial charge is 0.258 e. The van der Waals surface area contributed by atoms with Crippen LogP contribution in [-0.4, -0.2) is 30.9 Å². The Morgan fingerprint density at radius 2 is 1.97 bits per heavy atom. The van der Waals surface area contributed by atoms with Crippen molar-refractivity contribution in [1.29, 1.82) is 5.26 Å². The van der Waals surface area contributed by atoms with Gasteiger partial charge in [-0.25, -0.2) is 9.67 Å². The van der Waals surface area contributed by atoms with Gasteiger partial charge >= 0.3 is 0 Å². The van der Waals surface area contributed by atoms with Gasteiger partial charge in [0.05, 0.1) is 28.8 Å². The van der Waals surface area contributed by atoms with E-state index in [1.165, 1.54) is 23.1 Å². The molecule has 8 nitrogen and oxygen atoms in total. The van der Waals surface area contributed by atoms with E-state index in [0.717, 1.165) is 15.6 Å². The summed E-state index contributed by atoms with van der Waals surface area (Å²) < 4.78 is 2.59. The van der Waals surface area contributed by atoms with E-state index in [4.69, 9.17) is 10.2 Å². The molecule has 0 saturated carbocycles. The molecule has 0 atom stereocenters. The summed E-state index contributed by atoms with van der Waals surface area (Å²) in [5, 5.41) is 25.7. The maximum atomic E-state index is 13.2. The summed E-state index contributed by atoms with van der Waals surface area (Å²) in [6.07, 6.45) is 1.69. The van der Waals surface area contributed by atoms with Gasteiger partial charge in [-0.2, -0.15) is 10.4 Å². The van der Waals surface area contributed by atoms with Crippen LogP contribution >= 0.6 is 23.1 Å². The van der Waals surface area contributed by atoms with Crippen LogP contribution in [-0.2, 0) is 5.75 Å². The number of anilines is 1. The van der Waals surface area contributed by atoms with E-state index in [9.17, 15) is 4.79 Å². The molecule has 0 aliphatic heterocycles. The van der Waals surface area contributed by atoms with Crippen molar-refractivity contribution in [3.05, 3.63) is 58.9 Å². The van der Waals surface area contributed by atoms with E-state index in [-0.39, 0.29) is 17.9 Å². The minimum absolute atomic E-state index is 0.132. The first-order valence-corrected chi connectivity index (χ1v) is 12.3. The summed E-state index contributed by atoms with van der Waals surface area (Å²) >= 11 is 2.86. The number of pyridine rings is 1. The second kappa shape index (κ2) is 9.68. The topological polar surface area (TPSA) is 109 Å². The first-order valence-electron chi connectivity index (χ1n) is 10.5. The molecular formula is C23H23N7OS2. The Labute approximate surface area is 200 Å². The monoisotopic (exact) mass is 477 g/mol. The Bertz CT molecular complexity index is 1330. The van der Waals surface area contributed by atoms with Gasteiger partial charge in [0.2, 0.25) is 5.13 Å². The van der Waals surface area contributed by atoms with Crippen LogP contribution in [0.3, 0.4) is 0 Å². The molecule has 0 spiro atoms. The summed E-state index contributed by atoms with van der Waals surface area (Å²) in [6, 6.07) is 11.5. The minimum Gasteiger partial charge on any atom is -0.296 e. The number of carbonyl (C=O) groups is 1. The first-order chi connectivity index (χ1) is 15.9. The zero-order valence-electron chi connectivity index (χ0n) is 18.7. The van der Waals surface area contributed by atoms with Crippen molar-refractivity contribution in [3.8, 4) is 6.07 Å². The zero-order chi connectivity index (χ0) is 23.5. The molecule has 168 valence electrons. The number of aromatic nitrogens is 5. The Kier molecular flexibility index (Phi) is 6.72. The summed E-state index contributed by atoms with van der Waals surface area (Å²) in [6.45, 7) is 8.17. The summed E-state index contributed by atoms with van der Waals surface area (Å²) in [4.78, 5) is 17.9. The molecule has 33 heavy (non-hydrogen) atoms. The van der Waals surface area contributed by atoms with Gasteiger partial charge in [-0.15, -0.1) is 10.2 Å². The maximum absolute atomic E-state index is 13.2. The van der Waals surface area contributed by atoms with Crippen LogP contribution in [0.15, 0.2) is 40.9 Å². The van der Waals surface area contributed by atoms with Crippen molar-refractivity contribution in [2.24, 2.45) is 0 Å². The predicted molar refractivity (Wildman–Crippen MR) is 131 cm³/mol.